The Morgan fingerprint density at radius 3 is 2.46 bits per heavy atom. The summed E-state index contributed by atoms with van der Waals surface area (Å²) in [4.78, 5) is 23.8. The van der Waals surface area contributed by atoms with Gasteiger partial charge in [-0.25, -0.2) is 13.6 Å². The lowest BCUT2D eigenvalue weighted by Gasteiger charge is -2.17. The normalized spacial score (nSPS) is 11.5. The van der Waals surface area contributed by atoms with E-state index in [2.05, 4.69) is 10.1 Å². The summed E-state index contributed by atoms with van der Waals surface area (Å²) in [5.74, 6) is -3.24. The Morgan fingerprint density at radius 1 is 1.12 bits per heavy atom. The van der Waals surface area contributed by atoms with Gasteiger partial charge in [-0.05, 0) is 17.7 Å². The first-order chi connectivity index (χ1) is 11.5. The molecule has 0 saturated carbocycles. The zero-order valence-corrected chi connectivity index (χ0v) is 12.8. The smallest absolute Gasteiger partial charge is 0.333 e. The molecule has 0 saturated heterocycles. The monoisotopic (exact) mass is 335 g/mol. The summed E-state index contributed by atoms with van der Waals surface area (Å²) in [7, 11) is 1.20. The molecule has 1 atom stereocenters. The van der Waals surface area contributed by atoms with Crippen LogP contribution in [0.4, 0.5) is 8.78 Å². The molecule has 0 aromatic heterocycles. The molecule has 0 aliphatic rings. The lowest BCUT2D eigenvalue weighted by Crippen LogP contribution is -2.37. The van der Waals surface area contributed by atoms with E-state index in [9.17, 15) is 18.4 Å². The Morgan fingerprint density at radius 2 is 1.83 bits per heavy atom. The van der Waals surface area contributed by atoms with Gasteiger partial charge in [-0.1, -0.05) is 30.3 Å². The number of esters is 1. The van der Waals surface area contributed by atoms with Crippen LogP contribution in [0, 0.1) is 11.6 Å². The van der Waals surface area contributed by atoms with E-state index < -0.39 is 36.2 Å². The van der Waals surface area contributed by atoms with Crippen molar-refractivity contribution in [1.82, 2.24) is 5.32 Å². The number of amides is 1. The van der Waals surface area contributed by atoms with Crippen LogP contribution in [0.1, 0.15) is 11.6 Å². The van der Waals surface area contributed by atoms with E-state index in [1.165, 1.54) is 7.11 Å². The first kappa shape index (κ1) is 17.4. The average Bonchev–Trinajstić information content (AvgIpc) is 2.59. The Balaban J connectivity index is 2.01. The third kappa shape index (κ3) is 4.52. The molecule has 0 spiro atoms. The summed E-state index contributed by atoms with van der Waals surface area (Å²) < 4.78 is 35.9. The summed E-state index contributed by atoms with van der Waals surface area (Å²) in [6.07, 6.45) is 0. The van der Waals surface area contributed by atoms with Gasteiger partial charge in [-0.3, -0.25) is 4.79 Å². The molecule has 1 N–H and O–H groups in total. The predicted octanol–water partition coefficient (Wildman–Crippen LogP) is 2.37. The van der Waals surface area contributed by atoms with Gasteiger partial charge in [0.05, 0.1) is 7.11 Å². The number of ether oxygens (including phenoxy) is 2. The molecule has 7 heteroatoms. The maximum absolute atomic E-state index is 13.4. The van der Waals surface area contributed by atoms with Crippen LogP contribution < -0.4 is 10.1 Å². The summed E-state index contributed by atoms with van der Waals surface area (Å²) in [6, 6.07) is 10.2. The van der Waals surface area contributed by atoms with Crippen LogP contribution >= 0.6 is 0 Å². The van der Waals surface area contributed by atoms with Crippen molar-refractivity contribution < 1.29 is 27.8 Å². The number of carbonyl (C=O) groups is 2. The van der Waals surface area contributed by atoms with E-state index in [1.807, 2.05) is 0 Å². The van der Waals surface area contributed by atoms with Crippen LogP contribution in [0.5, 0.6) is 5.75 Å². The van der Waals surface area contributed by atoms with E-state index in [-0.39, 0.29) is 5.75 Å². The molecule has 126 valence electrons. The van der Waals surface area contributed by atoms with E-state index >= 15 is 0 Å². The van der Waals surface area contributed by atoms with E-state index in [0.29, 0.717) is 11.6 Å². The van der Waals surface area contributed by atoms with Crippen molar-refractivity contribution in [1.29, 1.82) is 0 Å². The van der Waals surface area contributed by atoms with Gasteiger partial charge in [0.25, 0.3) is 5.91 Å². The largest absolute Gasteiger partial charge is 0.481 e. The van der Waals surface area contributed by atoms with Gasteiger partial charge in [-0.2, -0.15) is 0 Å². The molecule has 5 nitrogen and oxygen atoms in total. The molecule has 0 fully saturated rings. The van der Waals surface area contributed by atoms with Crippen LogP contribution in [-0.4, -0.2) is 25.6 Å². The highest BCUT2D eigenvalue weighted by Crippen LogP contribution is 2.18. The summed E-state index contributed by atoms with van der Waals surface area (Å²) in [5.41, 5.74) is 0.533. The number of rotatable bonds is 6. The Bertz CT molecular complexity index is 722. The highest BCUT2D eigenvalue weighted by atomic mass is 19.1. The van der Waals surface area contributed by atoms with Crippen LogP contribution in [0.3, 0.4) is 0 Å². The summed E-state index contributed by atoms with van der Waals surface area (Å²) >= 11 is 0. The second kappa shape index (κ2) is 8.05. The molecule has 0 aliphatic carbocycles. The third-order valence-electron chi connectivity index (χ3n) is 3.13. The molecule has 0 bridgehead atoms. The number of nitrogens with one attached hydrogen (secondary N) is 1. The van der Waals surface area contributed by atoms with Gasteiger partial charge in [-0.15, -0.1) is 0 Å². The van der Waals surface area contributed by atoms with Crippen molar-refractivity contribution in [2.45, 2.75) is 6.04 Å². The second-order valence-electron chi connectivity index (χ2n) is 4.80. The molecule has 1 amide bonds. The molecule has 0 heterocycles. The maximum atomic E-state index is 13.4. The molecule has 24 heavy (non-hydrogen) atoms. The number of halogens is 2. The molecule has 0 aliphatic heterocycles. The Kier molecular flexibility index (Phi) is 5.83. The molecule has 2 rings (SSSR count). The summed E-state index contributed by atoms with van der Waals surface area (Å²) in [6.45, 7) is -0.539. The SMILES string of the molecule is COC(=O)C(NC(=O)COc1ccc(F)cc1F)c1ccccc1. The van der Waals surface area contributed by atoms with Crippen LogP contribution in [0.15, 0.2) is 48.5 Å². The van der Waals surface area contributed by atoms with Crippen LogP contribution in [0.2, 0.25) is 0 Å². The fourth-order valence-corrected chi connectivity index (χ4v) is 1.98. The minimum absolute atomic E-state index is 0.263. The standard InChI is InChI=1S/C17H15F2NO4/c1-23-17(22)16(11-5-3-2-4-6-11)20-15(21)10-24-14-8-7-12(18)9-13(14)19/h2-9,16H,10H2,1H3,(H,20,21). The van der Waals surface area contributed by atoms with Crippen LogP contribution in [-0.2, 0) is 14.3 Å². The van der Waals surface area contributed by atoms with Crippen molar-refractivity contribution in [3.8, 4) is 5.75 Å². The zero-order valence-electron chi connectivity index (χ0n) is 12.8. The Labute approximate surface area is 137 Å². The van der Waals surface area contributed by atoms with Crippen molar-refractivity contribution in [2.24, 2.45) is 0 Å². The summed E-state index contributed by atoms with van der Waals surface area (Å²) in [5, 5.41) is 2.45. The Hall–Kier alpha value is -2.96. The predicted molar refractivity (Wildman–Crippen MR) is 81.2 cm³/mol. The van der Waals surface area contributed by atoms with Gasteiger partial charge < -0.3 is 14.8 Å². The molecule has 2 aromatic carbocycles. The number of carbonyl (C=O) groups excluding carboxylic acids is 2. The quantitative estimate of drug-likeness (QED) is 0.823. The van der Waals surface area contributed by atoms with Gasteiger partial charge in [0, 0.05) is 6.07 Å². The minimum atomic E-state index is -1.01. The van der Waals surface area contributed by atoms with E-state index in [0.717, 1.165) is 12.1 Å². The van der Waals surface area contributed by atoms with E-state index in [4.69, 9.17) is 4.74 Å². The fourth-order valence-electron chi connectivity index (χ4n) is 1.98. The topological polar surface area (TPSA) is 64.6 Å². The van der Waals surface area contributed by atoms with Crippen molar-refractivity contribution in [2.75, 3.05) is 13.7 Å². The molecular formula is C17H15F2NO4. The number of hydrogen-bond acceptors (Lipinski definition) is 4. The highest BCUT2D eigenvalue weighted by molar-refractivity contribution is 5.86. The number of hydrogen-bond donors (Lipinski definition) is 1. The highest BCUT2D eigenvalue weighted by Gasteiger charge is 2.23. The first-order valence-corrected chi connectivity index (χ1v) is 7.01. The number of methoxy groups -OCH3 is 1. The van der Waals surface area contributed by atoms with Crippen LogP contribution in [0.25, 0.3) is 0 Å². The third-order valence-corrected chi connectivity index (χ3v) is 3.13. The fraction of sp³-hybridized carbons (Fsp3) is 0.176. The second-order valence-corrected chi connectivity index (χ2v) is 4.80. The van der Waals surface area contributed by atoms with E-state index in [1.54, 1.807) is 30.3 Å². The van der Waals surface area contributed by atoms with Crippen molar-refractivity contribution >= 4 is 11.9 Å². The lowest BCUT2D eigenvalue weighted by atomic mass is 10.1. The van der Waals surface area contributed by atoms with Crippen molar-refractivity contribution in [3.05, 3.63) is 65.7 Å². The van der Waals surface area contributed by atoms with Gasteiger partial charge >= 0.3 is 5.97 Å². The maximum Gasteiger partial charge on any atom is 0.333 e. The van der Waals surface area contributed by atoms with Gasteiger partial charge in [0.15, 0.2) is 24.2 Å². The lowest BCUT2D eigenvalue weighted by molar-refractivity contribution is -0.145. The molecule has 0 radical (unpaired) electrons. The van der Waals surface area contributed by atoms with Crippen molar-refractivity contribution in [3.63, 3.8) is 0 Å². The van der Waals surface area contributed by atoms with Gasteiger partial charge in [0.2, 0.25) is 0 Å². The first-order valence-electron chi connectivity index (χ1n) is 7.01. The molecule has 2 aromatic rings. The number of benzene rings is 2. The minimum Gasteiger partial charge on any atom is -0.481 e. The zero-order chi connectivity index (χ0) is 17.5. The molecular weight excluding hydrogens is 320 g/mol. The van der Waals surface area contributed by atoms with Gasteiger partial charge in [0.1, 0.15) is 5.82 Å². The molecule has 1 unspecified atom stereocenters. The average molecular weight is 335 g/mol.